The van der Waals surface area contributed by atoms with Crippen LogP contribution in [0.5, 0.6) is 5.75 Å². The average molecular weight is 450 g/mol. The molecule has 0 aromatic heterocycles. The largest absolute Gasteiger partial charge is 0.484 e. The zero-order valence-corrected chi connectivity index (χ0v) is 16.7. The summed E-state index contributed by atoms with van der Waals surface area (Å²) in [5.41, 5.74) is 0.907. The van der Waals surface area contributed by atoms with Crippen LogP contribution in [-0.4, -0.2) is 27.1 Å². The van der Waals surface area contributed by atoms with Gasteiger partial charge in [-0.1, -0.05) is 18.2 Å². The predicted octanol–water partition coefficient (Wildman–Crippen LogP) is 4.68. The van der Waals surface area contributed by atoms with Crippen molar-refractivity contribution in [2.24, 2.45) is 0 Å². The summed E-state index contributed by atoms with van der Waals surface area (Å²) in [6, 6.07) is 19.1. The van der Waals surface area contributed by atoms with E-state index < -0.39 is 28.7 Å². The summed E-state index contributed by atoms with van der Waals surface area (Å²) in [6.07, 6.45) is -4.44. The van der Waals surface area contributed by atoms with Gasteiger partial charge in [-0.2, -0.15) is 13.2 Å². The van der Waals surface area contributed by atoms with Crippen LogP contribution in [0.1, 0.15) is 10.4 Å². The van der Waals surface area contributed by atoms with Crippen LogP contribution >= 0.6 is 0 Å². The summed E-state index contributed by atoms with van der Waals surface area (Å²) in [5, 5.41) is 2.60. The van der Waals surface area contributed by atoms with E-state index in [2.05, 4.69) is 14.8 Å². The second kappa shape index (κ2) is 9.09. The van der Waals surface area contributed by atoms with Crippen molar-refractivity contribution in [2.75, 3.05) is 16.6 Å². The van der Waals surface area contributed by atoms with Crippen LogP contribution in [0.3, 0.4) is 0 Å². The summed E-state index contributed by atoms with van der Waals surface area (Å²) in [6.45, 7) is -1.40. The molecule has 2 N–H and O–H groups in total. The lowest BCUT2D eigenvalue weighted by Crippen LogP contribution is -2.19. The number of carbonyl (C=O) groups excluding carboxylic acids is 1. The van der Waals surface area contributed by atoms with Crippen LogP contribution < -0.4 is 14.8 Å². The lowest BCUT2D eigenvalue weighted by Gasteiger charge is -2.11. The second-order valence-corrected chi connectivity index (χ2v) is 8.06. The van der Waals surface area contributed by atoms with E-state index in [9.17, 15) is 26.4 Å². The molecule has 10 heteroatoms. The molecule has 0 aliphatic rings. The van der Waals surface area contributed by atoms with Gasteiger partial charge in [0.1, 0.15) is 5.75 Å². The van der Waals surface area contributed by atoms with E-state index in [1.165, 1.54) is 60.7 Å². The topological polar surface area (TPSA) is 84.5 Å². The minimum absolute atomic E-state index is 0.0189. The van der Waals surface area contributed by atoms with E-state index in [1.807, 2.05) is 0 Å². The van der Waals surface area contributed by atoms with Crippen molar-refractivity contribution < 1.29 is 31.1 Å². The molecule has 0 fully saturated rings. The number of hydrogen-bond acceptors (Lipinski definition) is 4. The Hall–Kier alpha value is -3.53. The molecule has 0 unspecified atom stereocenters. The molecule has 0 saturated heterocycles. The number of rotatable bonds is 7. The highest BCUT2D eigenvalue weighted by molar-refractivity contribution is 7.92. The number of halogens is 3. The molecule has 0 aliphatic heterocycles. The lowest BCUT2D eigenvalue weighted by atomic mass is 10.2. The number of ether oxygens (including phenoxy) is 1. The molecule has 0 spiro atoms. The third-order valence-electron chi connectivity index (χ3n) is 3.97. The molecule has 0 saturated carbocycles. The van der Waals surface area contributed by atoms with Crippen LogP contribution in [0.25, 0.3) is 0 Å². The molecule has 0 bridgehead atoms. The summed E-state index contributed by atoms with van der Waals surface area (Å²) in [7, 11) is -3.75. The molecule has 0 radical (unpaired) electrons. The Morgan fingerprint density at radius 2 is 1.42 bits per heavy atom. The third-order valence-corrected chi connectivity index (χ3v) is 5.36. The van der Waals surface area contributed by atoms with E-state index in [-0.39, 0.29) is 21.9 Å². The lowest BCUT2D eigenvalue weighted by molar-refractivity contribution is -0.153. The van der Waals surface area contributed by atoms with Crippen LogP contribution in [0.15, 0.2) is 83.8 Å². The number of carbonyl (C=O) groups is 1. The summed E-state index contributed by atoms with van der Waals surface area (Å²) < 4.78 is 68.2. The minimum atomic E-state index is -4.44. The van der Waals surface area contributed by atoms with Crippen LogP contribution in [0.2, 0.25) is 0 Å². The van der Waals surface area contributed by atoms with Gasteiger partial charge in [0, 0.05) is 16.9 Å². The molecule has 0 heterocycles. The first-order valence-electron chi connectivity index (χ1n) is 8.91. The van der Waals surface area contributed by atoms with Crippen LogP contribution in [0, 0.1) is 0 Å². The fourth-order valence-electron chi connectivity index (χ4n) is 2.51. The van der Waals surface area contributed by atoms with Crippen molar-refractivity contribution in [3.8, 4) is 5.75 Å². The Balaban J connectivity index is 1.60. The molecule has 3 aromatic carbocycles. The van der Waals surface area contributed by atoms with Gasteiger partial charge in [-0.25, -0.2) is 8.42 Å². The number of benzene rings is 3. The normalized spacial score (nSPS) is 11.6. The smallest absolute Gasteiger partial charge is 0.422 e. The zero-order chi connectivity index (χ0) is 22.5. The highest BCUT2D eigenvalue weighted by Crippen LogP contribution is 2.21. The Kier molecular flexibility index (Phi) is 6.50. The number of hydrogen-bond donors (Lipinski definition) is 2. The minimum Gasteiger partial charge on any atom is -0.484 e. The monoisotopic (exact) mass is 450 g/mol. The zero-order valence-electron chi connectivity index (χ0n) is 15.9. The fourth-order valence-corrected chi connectivity index (χ4v) is 3.59. The van der Waals surface area contributed by atoms with Crippen molar-refractivity contribution in [1.29, 1.82) is 0 Å². The van der Waals surface area contributed by atoms with Gasteiger partial charge in [0.15, 0.2) is 6.61 Å². The average Bonchev–Trinajstić information content (AvgIpc) is 2.73. The van der Waals surface area contributed by atoms with Gasteiger partial charge in [0.25, 0.3) is 15.9 Å². The van der Waals surface area contributed by atoms with Gasteiger partial charge >= 0.3 is 6.18 Å². The van der Waals surface area contributed by atoms with Gasteiger partial charge in [-0.05, 0) is 60.7 Å². The SMILES string of the molecule is O=C(Nc1ccc(OCC(F)(F)F)cc1)c1ccc(NS(=O)(=O)c2ccccc2)cc1. The first kappa shape index (κ1) is 22.2. The van der Waals surface area contributed by atoms with Gasteiger partial charge < -0.3 is 10.1 Å². The fraction of sp³-hybridized carbons (Fsp3) is 0.0952. The molecule has 1 amide bonds. The van der Waals surface area contributed by atoms with Crippen molar-refractivity contribution in [3.05, 3.63) is 84.4 Å². The number of sulfonamides is 1. The Labute approximate surface area is 176 Å². The number of alkyl halides is 3. The van der Waals surface area contributed by atoms with E-state index in [4.69, 9.17) is 0 Å². The molecule has 3 aromatic rings. The number of amides is 1. The molecule has 3 rings (SSSR count). The third kappa shape index (κ3) is 6.48. The van der Waals surface area contributed by atoms with Crippen molar-refractivity contribution in [2.45, 2.75) is 11.1 Å². The quantitative estimate of drug-likeness (QED) is 0.548. The van der Waals surface area contributed by atoms with E-state index in [0.717, 1.165) is 0 Å². The van der Waals surface area contributed by atoms with E-state index in [0.29, 0.717) is 5.69 Å². The summed E-state index contributed by atoms with van der Waals surface area (Å²) in [4.78, 5) is 12.5. The van der Waals surface area contributed by atoms with E-state index >= 15 is 0 Å². The molecule has 0 aliphatic carbocycles. The first-order valence-corrected chi connectivity index (χ1v) is 10.4. The molecular formula is C21H17F3N2O4S. The molecule has 31 heavy (non-hydrogen) atoms. The van der Waals surface area contributed by atoms with Gasteiger partial charge in [-0.3, -0.25) is 9.52 Å². The maximum atomic E-state index is 12.3. The van der Waals surface area contributed by atoms with Gasteiger partial charge in [0.05, 0.1) is 4.90 Å². The van der Waals surface area contributed by atoms with Gasteiger partial charge in [-0.15, -0.1) is 0 Å². The maximum absolute atomic E-state index is 12.3. The summed E-state index contributed by atoms with van der Waals surface area (Å²) >= 11 is 0. The number of nitrogens with one attached hydrogen (secondary N) is 2. The van der Waals surface area contributed by atoms with Crippen molar-refractivity contribution >= 4 is 27.3 Å². The first-order chi connectivity index (χ1) is 14.6. The van der Waals surface area contributed by atoms with Crippen molar-refractivity contribution in [1.82, 2.24) is 0 Å². The van der Waals surface area contributed by atoms with Crippen LogP contribution in [0.4, 0.5) is 24.5 Å². The Morgan fingerprint density at radius 1 is 0.839 bits per heavy atom. The van der Waals surface area contributed by atoms with Crippen molar-refractivity contribution in [3.63, 3.8) is 0 Å². The molecule has 162 valence electrons. The highest BCUT2D eigenvalue weighted by atomic mass is 32.2. The molecular weight excluding hydrogens is 433 g/mol. The predicted molar refractivity (Wildman–Crippen MR) is 110 cm³/mol. The standard InChI is InChI=1S/C21H17F3N2O4S/c22-21(23,24)14-30-18-12-10-16(11-13-18)25-20(27)15-6-8-17(9-7-15)26-31(28,29)19-4-2-1-3-5-19/h1-13,26H,14H2,(H,25,27). The Bertz CT molecular complexity index is 1130. The summed E-state index contributed by atoms with van der Waals surface area (Å²) in [5.74, 6) is -0.452. The second-order valence-electron chi connectivity index (χ2n) is 6.38. The number of anilines is 2. The highest BCUT2D eigenvalue weighted by Gasteiger charge is 2.28. The maximum Gasteiger partial charge on any atom is 0.422 e. The molecule has 6 nitrogen and oxygen atoms in total. The van der Waals surface area contributed by atoms with Crippen LogP contribution in [-0.2, 0) is 10.0 Å². The Morgan fingerprint density at radius 3 is 2.00 bits per heavy atom. The molecule has 0 atom stereocenters. The van der Waals surface area contributed by atoms with E-state index in [1.54, 1.807) is 18.2 Å². The van der Waals surface area contributed by atoms with Gasteiger partial charge in [0.2, 0.25) is 0 Å².